The van der Waals surface area contributed by atoms with Crippen molar-refractivity contribution in [3.63, 3.8) is 0 Å². The van der Waals surface area contributed by atoms with Crippen molar-refractivity contribution in [1.82, 2.24) is 10.2 Å². The third kappa shape index (κ3) is 3.96. The molecule has 1 aliphatic heterocycles. The molecule has 0 unspecified atom stereocenters. The highest BCUT2D eigenvalue weighted by Gasteiger charge is 2.20. The predicted octanol–water partition coefficient (Wildman–Crippen LogP) is 4.17. The molecule has 2 aromatic carbocycles. The van der Waals surface area contributed by atoms with E-state index in [1.807, 2.05) is 0 Å². The Balaban J connectivity index is 1.73. The molecular weight excluding hydrogens is 268 g/mol. The van der Waals surface area contributed by atoms with Gasteiger partial charge < -0.3 is 10.2 Å². The van der Waals surface area contributed by atoms with E-state index in [4.69, 9.17) is 0 Å². The van der Waals surface area contributed by atoms with Gasteiger partial charge in [-0.05, 0) is 44.0 Å². The Morgan fingerprint density at radius 1 is 0.864 bits per heavy atom. The van der Waals surface area contributed by atoms with Crippen LogP contribution in [-0.4, -0.2) is 24.5 Å². The molecule has 2 heteroatoms. The van der Waals surface area contributed by atoms with E-state index in [1.54, 1.807) is 0 Å². The number of hydrogen-bond donors (Lipinski definition) is 1. The van der Waals surface area contributed by atoms with Gasteiger partial charge in [-0.3, -0.25) is 0 Å². The van der Waals surface area contributed by atoms with Crippen molar-refractivity contribution in [2.45, 2.75) is 31.8 Å². The lowest BCUT2D eigenvalue weighted by atomic mass is 10.0. The lowest BCUT2D eigenvalue weighted by molar-refractivity contribution is 0.282. The van der Waals surface area contributed by atoms with Crippen LogP contribution in [-0.2, 0) is 0 Å². The second-order valence-corrected chi connectivity index (χ2v) is 6.27. The minimum Gasteiger partial charge on any atom is -0.302 e. The van der Waals surface area contributed by atoms with E-state index in [2.05, 4.69) is 77.8 Å². The molecule has 0 bridgehead atoms. The Kier molecular flexibility index (Phi) is 5.25. The number of nitrogens with one attached hydrogen (secondary N) is 1. The van der Waals surface area contributed by atoms with Crippen LogP contribution in [0.3, 0.4) is 0 Å². The molecule has 2 aromatic rings. The molecule has 1 aliphatic rings. The molecule has 2 atom stereocenters. The van der Waals surface area contributed by atoms with Gasteiger partial charge in [-0.2, -0.15) is 0 Å². The molecule has 1 fully saturated rings. The van der Waals surface area contributed by atoms with Gasteiger partial charge in [0.15, 0.2) is 0 Å². The summed E-state index contributed by atoms with van der Waals surface area (Å²) in [6.07, 6.45) is 2.69. The summed E-state index contributed by atoms with van der Waals surface area (Å²) in [7, 11) is 0. The molecule has 0 aromatic heterocycles. The smallest absolute Gasteiger partial charge is 0.0453 e. The molecule has 3 rings (SSSR count). The normalized spacial score (nSPS) is 18.2. The van der Waals surface area contributed by atoms with Crippen LogP contribution in [0.5, 0.6) is 0 Å². The Bertz CT molecular complexity index is 546. The minimum absolute atomic E-state index is 0.356. The van der Waals surface area contributed by atoms with Gasteiger partial charge in [0.1, 0.15) is 0 Å². The van der Waals surface area contributed by atoms with Crippen molar-refractivity contribution in [1.29, 1.82) is 0 Å². The summed E-state index contributed by atoms with van der Waals surface area (Å²) in [6, 6.07) is 22.3. The molecule has 2 nitrogen and oxygen atoms in total. The van der Waals surface area contributed by atoms with Crippen LogP contribution in [0.1, 0.15) is 43.0 Å². The Labute approximate surface area is 134 Å². The standard InChI is InChI=1S/C20H26N2/c1-17(18-10-4-2-5-11-18)21-20(16-22-14-8-9-15-22)19-12-6-3-7-13-19/h2-7,10-13,17,20-21H,8-9,14-16H2,1H3/t17-,20+/m1/s1. The molecule has 0 saturated carbocycles. The fourth-order valence-electron chi connectivity index (χ4n) is 3.30. The summed E-state index contributed by atoms with van der Waals surface area (Å²) < 4.78 is 0. The monoisotopic (exact) mass is 294 g/mol. The molecule has 0 spiro atoms. The maximum absolute atomic E-state index is 3.83. The van der Waals surface area contributed by atoms with E-state index in [0.29, 0.717) is 12.1 Å². The lowest BCUT2D eigenvalue weighted by Crippen LogP contribution is -2.35. The van der Waals surface area contributed by atoms with Crippen molar-refractivity contribution in [2.75, 3.05) is 19.6 Å². The zero-order valence-corrected chi connectivity index (χ0v) is 13.4. The maximum atomic E-state index is 3.83. The van der Waals surface area contributed by atoms with Crippen molar-refractivity contribution in [2.24, 2.45) is 0 Å². The molecule has 1 heterocycles. The molecule has 0 aliphatic carbocycles. The second kappa shape index (κ2) is 7.57. The van der Waals surface area contributed by atoms with Gasteiger partial charge in [0.25, 0.3) is 0 Å². The van der Waals surface area contributed by atoms with E-state index in [-0.39, 0.29) is 0 Å². The zero-order chi connectivity index (χ0) is 15.2. The second-order valence-electron chi connectivity index (χ2n) is 6.27. The Morgan fingerprint density at radius 3 is 2.00 bits per heavy atom. The predicted molar refractivity (Wildman–Crippen MR) is 92.8 cm³/mol. The van der Waals surface area contributed by atoms with E-state index < -0.39 is 0 Å². The highest BCUT2D eigenvalue weighted by Crippen LogP contribution is 2.22. The van der Waals surface area contributed by atoms with Crippen molar-refractivity contribution in [3.8, 4) is 0 Å². The number of likely N-dealkylation sites (tertiary alicyclic amines) is 1. The molecule has 0 amide bonds. The summed E-state index contributed by atoms with van der Waals surface area (Å²) in [6.45, 7) is 5.84. The lowest BCUT2D eigenvalue weighted by Gasteiger charge is -2.28. The Hall–Kier alpha value is -1.64. The molecular formula is C20H26N2. The summed E-state index contributed by atoms with van der Waals surface area (Å²) in [5.74, 6) is 0. The van der Waals surface area contributed by atoms with Gasteiger partial charge in [-0.1, -0.05) is 60.7 Å². The van der Waals surface area contributed by atoms with Crippen LogP contribution in [0.25, 0.3) is 0 Å². The van der Waals surface area contributed by atoms with Crippen LogP contribution in [0, 0.1) is 0 Å². The summed E-state index contributed by atoms with van der Waals surface area (Å²) in [4.78, 5) is 2.59. The fourth-order valence-corrected chi connectivity index (χ4v) is 3.30. The quantitative estimate of drug-likeness (QED) is 0.860. The van der Waals surface area contributed by atoms with Crippen molar-refractivity contribution in [3.05, 3.63) is 71.8 Å². The van der Waals surface area contributed by atoms with Gasteiger partial charge >= 0.3 is 0 Å². The van der Waals surface area contributed by atoms with Crippen LogP contribution >= 0.6 is 0 Å². The first kappa shape index (κ1) is 15.3. The first-order chi connectivity index (χ1) is 10.8. The van der Waals surface area contributed by atoms with Crippen LogP contribution < -0.4 is 5.32 Å². The summed E-state index contributed by atoms with van der Waals surface area (Å²) in [5.41, 5.74) is 2.74. The first-order valence-electron chi connectivity index (χ1n) is 8.41. The topological polar surface area (TPSA) is 15.3 Å². The van der Waals surface area contributed by atoms with Gasteiger partial charge in [0.05, 0.1) is 0 Å². The van der Waals surface area contributed by atoms with E-state index in [9.17, 15) is 0 Å². The Morgan fingerprint density at radius 2 is 1.41 bits per heavy atom. The highest BCUT2D eigenvalue weighted by molar-refractivity contribution is 5.22. The number of hydrogen-bond acceptors (Lipinski definition) is 2. The molecule has 0 radical (unpaired) electrons. The molecule has 22 heavy (non-hydrogen) atoms. The van der Waals surface area contributed by atoms with Gasteiger partial charge in [0.2, 0.25) is 0 Å². The van der Waals surface area contributed by atoms with Crippen LogP contribution in [0.15, 0.2) is 60.7 Å². The van der Waals surface area contributed by atoms with Crippen LogP contribution in [0.4, 0.5) is 0 Å². The maximum Gasteiger partial charge on any atom is 0.0453 e. The van der Waals surface area contributed by atoms with E-state index in [0.717, 1.165) is 6.54 Å². The van der Waals surface area contributed by atoms with Crippen molar-refractivity contribution >= 4 is 0 Å². The first-order valence-corrected chi connectivity index (χ1v) is 8.41. The SMILES string of the molecule is C[C@@H](N[C@@H](CN1CCCC1)c1ccccc1)c1ccccc1. The number of nitrogens with zero attached hydrogens (tertiary/aromatic N) is 1. The van der Waals surface area contributed by atoms with E-state index >= 15 is 0 Å². The largest absolute Gasteiger partial charge is 0.302 e. The fraction of sp³-hybridized carbons (Fsp3) is 0.400. The third-order valence-electron chi connectivity index (χ3n) is 4.59. The number of benzene rings is 2. The highest BCUT2D eigenvalue weighted by atomic mass is 15.2. The van der Waals surface area contributed by atoms with Crippen LogP contribution in [0.2, 0.25) is 0 Å². The molecule has 1 saturated heterocycles. The zero-order valence-electron chi connectivity index (χ0n) is 13.4. The molecule has 1 N–H and O–H groups in total. The van der Waals surface area contributed by atoms with Crippen molar-refractivity contribution < 1.29 is 0 Å². The van der Waals surface area contributed by atoms with Gasteiger partial charge in [-0.15, -0.1) is 0 Å². The van der Waals surface area contributed by atoms with E-state index in [1.165, 1.54) is 37.1 Å². The minimum atomic E-state index is 0.356. The van der Waals surface area contributed by atoms with Gasteiger partial charge in [-0.25, -0.2) is 0 Å². The van der Waals surface area contributed by atoms with Gasteiger partial charge in [0, 0.05) is 18.6 Å². The summed E-state index contributed by atoms with van der Waals surface area (Å²) >= 11 is 0. The average Bonchev–Trinajstić information content (AvgIpc) is 3.09. The average molecular weight is 294 g/mol. The number of rotatable bonds is 6. The molecule has 116 valence electrons. The summed E-state index contributed by atoms with van der Waals surface area (Å²) in [5, 5.41) is 3.83. The third-order valence-corrected chi connectivity index (χ3v) is 4.59.